The maximum absolute atomic E-state index is 11.0. The highest BCUT2D eigenvalue weighted by Crippen LogP contribution is 2.28. The average Bonchev–Trinajstić information content (AvgIpc) is 2.53. The molecule has 0 saturated carbocycles. The van der Waals surface area contributed by atoms with E-state index in [9.17, 15) is 4.79 Å². The van der Waals surface area contributed by atoms with E-state index in [2.05, 4.69) is 6.58 Å². The third kappa shape index (κ3) is 3.32. The molecule has 1 aliphatic rings. The summed E-state index contributed by atoms with van der Waals surface area (Å²) in [5.74, 6) is -0.886. The normalized spacial score (nSPS) is 27.1. The topological polar surface area (TPSA) is 44.8 Å². The molecular formula is C12H20O4. The van der Waals surface area contributed by atoms with Crippen molar-refractivity contribution in [3.63, 3.8) is 0 Å². The standard InChI is InChI=1S/C12H20O4/c1-6-8(2)11(15-9(3)13)10-7-14-12(4,5)16-10/h6,8,10-11H,1,7H2,2-5H3/t8-,10?,11?/m1/s1. The quantitative estimate of drug-likeness (QED) is 0.544. The van der Waals surface area contributed by atoms with E-state index in [-0.39, 0.29) is 24.1 Å². The minimum Gasteiger partial charge on any atom is -0.459 e. The third-order valence-corrected chi connectivity index (χ3v) is 2.59. The summed E-state index contributed by atoms with van der Waals surface area (Å²) in [7, 11) is 0. The van der Waals surface area contributed by atoms with E-state index in [0.717, 1.165) is 0 Å². The smallest absolute Gasteiger partial charge is 0.303 e. The summed E-state index contributed by atoms with van der Waals surface area (Å²) in [6.45, 7) is 11.2. The van der Waals surface area contributed by atoms with Gasteiger partial charge >= 0.3 is 5.97 Å². The van der Waals surface area contributed by atoms with E-state index in [0.29, 0.717) is 6.61 Å². The first kappa shape index (κ1) is 13.2. The fourth-order valence-corrected chi connectivity index (χ4v) is 1.72. The van der Waals surface area contributed by atoms with Gasteiger partial charge in [-0.2, -0.15) is 0 Å². The maximum Gasteiger partial charge on any atom is 0.303 e. The molecule has 16 heavy (non-hydrogen) atoms. The fraction of sp³-hybridized carbons (Fsp3) is 0.750. The van der Waals surface area contributed by atoms with Gasteiger partial charge in [0.1, 0.15) is 12.2 Å². The molecule has 0 spiro atoms. The van der Waals surface area contributed by atoms with E-state index < -0.39 is 5.79 Å². The van der Waals surface area contributed by atoms with Crippen molar-refractivity contribution in [2.75, 3.05) is 6.61 Å². The van der Waals surface area contributed by atoms with Crippen LogP contribution < -0.4 is 0 Å². The SMILES string of the molecule is C=C[C@@H](C)C(OC(C)=O)C1COC(C)(C)O1. The monoisotopic (exact) mass is 228 g/mol. The van der Waals surface area contributed by atoms with E-state index >= 15 is 0 Å². The molecule has 4 heteroatoms. The van der Waals surface area contributed by atoms with Gasteiger partial charge in [-0.25, -0.2) is 0 Å². The highest BCUT2D eigenvalue weighted by atomic mass is 16.8. The Kier molecular flexibility index (Phi) is 4.10. The number of ether oxygens (including phenoxy) is 3. The molecule has 1 heterocycles. The van der Waals surface area contributed by atoms with Gasteiger partial charge in [0.2, 0.25) is 0 Å². The molecule has 3 atom stereocenters. The number of carbonyl (C=O) groups is 1. The number of rotatable bonds is 4. The first-order valence-corrected chi connectivity index (χ1v) is 5.47. The van der Waals surface area contributed by atoms with Crippen LogP contribution in [0.5, 0.6) is 0 Å². The summed E-state index contributed by atoms with van der Waals surface area (Å²) in [6.07, 6.45) is 1.19. The molecular weight excluding hydrogens is 208 g/mol. The first-order chi connectivity index (χ1) is 7.35. The number of carbonyl (C=O) groups excluding carboxylic acids is 1. The molecule has 0 radical (unpaired) electrons. The summed E-state index contributed by atoms with van der Waals surface area (Å²) in [6, 6.07) is 0. The fourth-order valence-electron chi connectivity index (χ4n) is 1.72. The molecule has 0 aromatic heterocycles. The van der Waals surface area contributed by atoms with Crippen molar-refractivity contribution < 1.29 is 19.0 Å². The third-order valence-electron chi connectivity index (χ3n) is 2.59. The predicted octanol–water partition coefficient (Wildman–Crippen LogP) is 1.89. The Bertz CT molecular complexity index is 272. The molecule has 4 nitrogen and oxygen atoms in total. The Labute approximate surface area is 96.6 Å². The molecule has 92 valence electrons. The van der Waals surface area contributed by atoms with Crippen molar-refractivity contribution in [3.05, 3.63) is 12.7 Å². The number of hydrogen-bond acceptors (Lipinski definition) is 4. The second-order valence-electron chi connectivity index (χ2n) is 4.54. The van der Waals surface area contributed by atoms with Gasteiger partial charge < -0.3 is 14.2 Å². The summed E-state index contributed by atoms with van der Waals surface area (Å²) in [4.78, 5) is 11.0. The molecule has 0 N–H and O–H groups in total. The van der Waals surface area contributed by atoms with E-state index in [1.807, 2.05) is 20.8 Å². The molecule has 0 amide bonds. The highest BCUT2D eigenvalue weighted by molar-refractivity contribution is 5.66. The lowest BCUT2D eigenvalue weighted by atomic mass is 10.00. The second-order valence-corrected chi connectivity index (χ2v) is 4.54. The molecule has 1 rings (SSSR count). The molecule has 1 saturated heterocycles. The van der Waals surface area contributed by atoms with Crippen LogP contribution >= 0.6 is 0 Å². The average molecular weight is 228 g/mol. The molecule has 0 aromatic rings. The van der Waals surface area contributed by atoms with Gasteiger partial charge in [0.15, 0.2) is 5.79 Å². The lowest BCUT2D eigenvalue weighted by molar-refractivity contribution is -0.172. The van der Waals surface area contributed by atoms with Crippen LogP contribution in [0.2, 0.25) is 0 Å². The number of hydrogen-bond donors (Lipinski definition) is 0. The zero-order chi connectivity index (χ0) is 12.3. The van der Waals surface area contributed by atoms with Crippen LogP contribution in [0, 0.1) is 5.92 Å². The molecule has 2 unspecified atom stereocenters. The highest BCUT2D eigenvalue weighted by Gasteiger charge is 2.40. The van der Waals surface area contributed by atoms with Crippen LogP contribution in [0.1, 0.15) is 27.7 Å². The van der Waals surface area contributed by atoms with Crippen molar-refractivity contribution in [2.45, 2.75) is 45.7 Å². The predicted molar refractivity (Wildman–Crippen MR) is 59.8 cm³/mol. The molecule has 1 aliphatic heterocycles. The lowest BCUT2D eigenvalue weighted by Crippen LogP contribution is -2.38. The zero-order valence-corrected chi connectivity index (χ0v) is 10.4. The van der Waals surface area contributed by atoms with Crippen LogP contribution in [0.3, 0.4) is 0 Å². The van der Waals surface area contributed by atoms with Gasteiger partial charge in [0, 0.05) is 12.8 Å². The summed E-state index contributed by atoms with van der Waals surface area (Å²) >= 11 is 0. The number of esters is 1. The van der Waals surface area contributed by atoms with E-state index in [4.69, 9.17) is 14.2 Å². The lowest BCUT2D eigenvalue weighted by Gasteiger charge is -2.26. The van der Waals surface area contributed by atoms with Crippen molar-refractivity contribution in [3.8, 4) is 0 Å². The molecule has 0 aromatic carbocycles. The summed E-state index contributed by atoms with van der Waals surface area (Å²) in [5.41, 5.74) is 0. The molecule has 1 fully saturated rings. The minimum absolute atomic E-state index is 0.0337. The Morgan fingerprint density at radius 3 is 2.62 bits per heavy atom. The van der Waals surface area contributed by atoms with Crippen LogP contribution in [-0.2, 0) is 19.0 Å². The summed E-state index contributed by atoms with van der Waals surface area (Å²) in [5, 5.41) is 0. The van der Waals surface area contributed by atoms with Crippen LogP contribution in [0.15, 0.2) is 12.7 Å². The van der Waals surface area contributed by atoms with Crippen molar-refractivity contribution in [1.29, 1.82) is 0 Å². The van der Waals surface area contributed by atoms with E-state index in [1.165, 1.54) is 6.92 Å². The van der Waals surface area contributed by atoms with Crippen LogP contribution in [0.4, 0.5) is 0 Å². The second kappa shape index (κ2) is 4.97. The van der Waals surface area contributed by atoms with Crippen LogP contribution in [0.25, 0.3) is 0 Å². The van der Waals surface area contributed by atoms with Crippen molar-refractivity contribution in [1.82, 2.24) is 0 Å². The zero-order valence-electron chi connectivity index (χ0n) is 10.4. The molecule has 0 aliphatic carbocycles. The Balaban J connectivity index is 2.70. The minimum atomic E-state index is -0.607. The summed E-state index contributed by atoms with van der Waals surface area (Å²) < 4.78 is 16.4. The molecule has 0 bridgehead atoms. The van der Waals surface area contributed by atoms with Crippen molar-refractivity contribution >= 4 is 5.97 Å². The van der Waals surface area contributed by atoms with Crippen LogP contribution in [-0.4, -0.2) is 30.6 Å². The van der Waals surface area contributed by atoms with Gasteiger partial charge in [-0.15, -0.1) is 6.58 Å². The first-order valence-electron chi connectivity index (χ1n) is 5.47. The largest absolute Gasteiger partial charge is 0.459 e. The van der Waals surface area contributed by atoms with Gasteiger partial charge in [-0.05, 0) is 13.8 Å². The Morgan fingerprint density at radius 1 is 1.62 bits per heavy atom. The van der Waals surface area contributed by atoms with Gasteiger partial charge in [-0.1, -0.05) is 13.0 Å². The Morgan fingerprint density at radius 2 is 2.25 bits per heavy atom. The van der Waals surface area contributed by atoms with Gasteiger partial charge in [-0.3, -0.25) is 4.79 Å². The van der Waals surface area contributed by atoms with Gasteiger partial charge in [0.05, 0.1) is 6.61 Å². The van der Waals surface area contributed by atoms with Crippen molar-refractivity contribution in [2.24, 2.45) is 5.92 Å². The maximum atomic E-state index is 11.0. The Hall–Kier alpha value is -0.870. The van der Waals surface area contributed by atoms with E-state index in [1.54, 1.807) is 6.08 Å². The van der Waals surface area contributed by atoms with Gasteiger partial charge in [0.25, 0.3) is 0 Å².